The Labute approximate surface area is 190 Å². The molecule has 2 rings (SSSR count). The van der Waals surface area contributed by atoms with Crippen LogP contribution in [0.4, 0.5) is 5.69 Å². The molecule has 0 amide bonds. The fourth-order valence-electron chi connectivity index (χ4n) is 2.98. The van der Waals surface area contributed by atoms with Crippen molar-refractivity contribution in [3.63, 3.8) is 0 Å². The van der Waals surface area contributed by atoms with E-state index in [0.717, 1.165) is 70.3 Å². The third-order valence-electron chi connectivity index (χ3n) is 4.69. The molecule has 1 aliphatic heterocycles. The van der Waals surface area contributed by atoms with Gasteiger partial charge in [-0.05, 0) is 24.9 Å². The van der Waals surface area contributed by atoms with Gasteiger partial charge < -0.3 is 15.4 Å². The van der Waals surface area contributed by atoms with Gasteiger partial charge >= 0.3 is 0 Å². The van der Waals surface area contributed by atoms with Gasteiger partial charge in [0.05, 0.1) is 24.7 Å². The number of hydrogen-bond donors (Lipinski definition) is 2. The van der Waals surface area contributed by atoms with Crippen molar-refractivity contribution < 1.29 is 9.66 Å². The summed E-state index contributed by atoms with van der Waals surface area (Å²) in [6.45, 7) is 9.16. The molecule has 0 aliphatic carbocycles. The molecule has 8 nitrogen and oxygen atoms in total. The Morgan fingerprint density at radius 3 is 2.41 bits per heavy atom. The van der Waals surface area contributed by atoms with Crippen LogP contribution in [0.25, 0.3) is 0 Å². The van der Waals surface area contributed by atoms with Crippen LogP contribution in [0.3, 0.4) is 0 Å². The van der Waals surface area contributed by atoms with Gasteiger partial charge in [0.1, 0.15) is 0 Å². The maximum absolute atomic E-state index is 10.8. The lowest BCUT2D eigenvalue weighted by Gasteiger charge is -2.26. The van der Waals surface area contributed by atoms with Crippen LogP contribution >= 0.6 is 24.0 Å². The SMILES string of the molecule is CCCCCNC(=NCc1ccc([N+](=O)[O-])cc1)NCCCN1CCOCC1.I. The van der Waals surface area contributed by atoms with Crippen molar-refractivity contribution in [2.75, 3.05) is 45.9 Å². The Morgan fingerprint density at radius 1 is 1.14 bits per heavy atom. The highest BCUT2D eigenvalue weighted by Gasteiger charge is 2.09. The fourth-order valence-corrected chi connectivity index (χ4v) is 2.98. The van der Waals surface area contributed by atoms with E-state index in [1.807, 2.05) is 0 Å². The third-order valence-corrected chi connectivity index (χ3v) is 4.69. The molecule has 1 fully saturated rings. The van der Waals surface area contributed by atoms with E-state index < -0.39 is 0 Å². The molecule has 0 saturated carbocycles. The van der Waals surface area contributed by atoms with Crippen molar-refractivity contribution in [2.45, 2.75) is 39.2 Å². The summed E-state index contributed by atoms with van der Waals surface area (Å²) >= 11 is 0. The average Bonchev–Trinajstić information content (AvgIpc) is 2.72. The maximum atomic E-state index is 10.8. The van der Waals surface area contributed by atoms with Gasteiger partial charge in [0.2, 0.25) is 0 Å². The number of nitro benzene ring substituents is 1. The summed E-state index contributed by atoms with van der Waals surface area (Å²) in [5, 5.41) is 17.6. The number of rotatable bonds is 11. The third kappa shape index (κ3) is 10.8. The molecule has 1 aromatic rings. The highest BCUT2D eigenvalue weighted by atomic mass is 127. The number of unbranched alkanes of at least 4 members (excludes halogenated alkanes) is 2. The second kappa shape index (κ2) is 15.4. The first-order valence-electron chi connectivity index (χ1n) is 10.2. The molecule has 1 saturated heterocycles. The summed E-state index contributed by atoms with van der Waals surface area (Å²) in [5.74, 6) is 0.802. The fraction of sp³-hybridized carbons (Fsp3) is 0.650. The first-order valence-corrected chi connectivity index (χ1v) is 10.2. The zero-order valence-corrected chi connectivity index (χ0v) is 19.6. The Hall–Kier alpha value is -1.46. The summed E-state index contributed by atoms with van der Waals surface area (Å²) in [7, 11) is 0. The number of non-ortho nitro benzene ring substituents is 1. The lowest BCUT2D eigenvalue weighted by molar-refractivity contribution is -0.384. The first kappa shape index (κ1) is 25.6. The number of halogens is 1. The predicted octanol–water partition coefficient (Wildman–Crippen LogP) is 3.16. The van der Waals surface area contributed by atoms with Gasteiger partial charge in [-0.15, -0.1) is 24.0 Å². The normalized spacial score (nSPS) is 14.9. The van der Waals surface area contributed by atoms with Crippen LogP contribution < -0.4 is 10.6 Å². The predicted molar refractivity (Wildman–Crippen MR) is 127 cm³/mol. The van der Waals surface area contributed by atoms with E-state index in [1.165, 1.54) is 25.0 Å². The van der Waals surface area contributed by atoms with Crippen LogP contribution in [0.2, 0.25) is 0 Å². The van der Waals surface area contributed by atoms with Gasteiger partial charge in [-0.3, -0.25) is 15.0 Å². The van der Waals surface area contributed by atoms with E-state index in [-0.39, 0.29) is 34.6 Å². The summed E-state index contributed by atoms with van der Waals surface area (Å²) < 4.78 is 5.38. The number of benzene rings is 1. The van der Waals surface area contributed by atoms with E-state index in [2.05, 4.69) is 27.4 Å². The lowest BCUT2D eigenvalue weighted by Crippen LogP contribution is -2.41. The van der Waals surface area contributed by atoms with Gasteiger partial charge in [0.25, 0.3) is 5.69 Å². The minimum Gasteiger partial charge on any atom is -0.379 e. The molecule has 0 radical (unpaired) electrons. The van der Waals surface area contributed by atoms with Crippen molar-refractivity contribution in [1.29, 1.82) is 0 Å². The molecule has 1 aromatic carbocycles. The van der Waals surface area contributed by atoms with E-state index >= 15 is 0 Å². The van der Waals surface area contributed by atoms with E-state index in [9.17, 15) is 10.1 Å². The second-order valence-electron chi connectivity index (χ2n) is 6.96. The Morgan fingerprint density at radius 2 is 1.79 bits per heavy atom. The number of nitrogens with zero attached hydrogens (tertiary/aromatic N) is 3. The minimum absolute atomic E-state index is 0. The number of nitrogens with one attached hydrogen (secondary N) is 2. The van der Waals surface area contributed by atoms with Crippen LogP contribution in [-0.2, 0) is 11.3 Å². The van der Waals surface area contributed by atoms with Crippen LogP contribution in [0.5, 0.6) is 0 Å². The summed E-state index contributed by atoms with van der Waals surface area (Å²) in [6.07, 6.45) is 4.54. The van der Waals surface area contributed by atoms with E-state index in [1.54, 1.807) is 12.1 Å². The van der Waals surface area contributed by atoms with Crippen molar-refractivity contribution in [3.8, 4) is 0 Å². The molecular weight excluding hydrogens is 485 g/mol. The largest absolute Gasteiger partial charge is 0.379 e. The molecule has 1 aliphatic rings. The molecule has 1 heterocycles. The molecule has 0 bridgehead atoms. The number of aliphatic imine (C=N–C) groups is 1. The summed E-state index contributed by atoms with van der Waals surface area (Å²) in [4.78, 5) is 17.4. The standard InChI is InChI=1S/C20H33N5O3.HI/c1-2-3-4-10-21-20(22-11-5-12-24-13-15-28-16-14-24)23-17-18-6-8-19(9-7-18)25(26)27;/h6-9H,2-5,10-17H2,1H3,(H2,21,22,23);1H. The van der Waals surface area contributed by atoms with E-state index in [4.69, 9.17) is 4.74 Å². The van der Waals surface area contributed by atoms with E-state index in [0.29, 0.717) is 6.54 Å². The van der Waals surface area contributed by atoms with Gasteiger partial charge in [-0.2, -0.15) is 0 Å². The topological polar surface area (TPSA) is 92.0 Å². The molecule has 0 spiro atoms. The highest BCUT2D eigenvalue weighted by Crippen LogP contribution is 2.12. The highest BCUT2D eigenvalue weighted by molar-refractivity contribution is 14.0. The lowest BCUT2D eigenvalue weighted by atomic mass is 10.2. The van der Waals surface area contributed by atoms with Crippen LogP contribution in [0.15, 0.2) is 29.3 Å². The zero-order chi connectivity index (χ0) is 20.0. The van der Waals surface area contributed by atoms with Crippen molar-refractivity contribution >= 4 is 35.6 Å². The number of hydrogen-bond acceptors (Lipinski definition) is 5. The van der Waals surface area contributed by atoms with Crippen LogP contribution in [0.1, 0.15) is 38.2 Å². The number of morpholine rings is 1. The second-order valence-corrected chi connectivity index (χ2v) is 6.96. The quantitative estimate of drug-likeness (QED) is 0.117. The van der Waals surface area contributed by atoms with Gasteiger partial charge in [-0.25, -0.2) is 4.99 Å². The summed E-state index contributed by atoms with van der Waals surface area (Å²) in [5.41, 5.74) is 1.06. The molecule has 29 heavy (non-hydrogen) atoms. The number of nitro groups is 1. The minimum atomic E-state index is -0.385. The van der Waals surface area contributed by atoms with Crippen LogP contribution in [0, 0.1) is 10.1 Å². The van der Waals surface area contributed by atoms with Gasteiger partial charge in [0, 0.05) is 38.3 Å². The number of guanidine groups is 1. The summed E-state index contributed by atoms with van der Waals surface area (Å²) in [6, 6.07) is 6.56. The molecular formula is C20H34IN5O3. The van der Waals surface area contributed by atoms with Crippen molar-refractivity contribution in [2.24, 2.45) is 4.99 Å². The molecule has 2 N–H and O–H groups in total. The van der Waals surface area contributed by atoms with Crippen molar-refractivity contribution in [3.05, 3.63) is 39.9 Å². The first-order chi connectivity index (χ1) is 13.7. The monoisotopic (exact) mass is 519 g/mol. The van der Waals surface area contributed by atoms with Gasteiger partial charge in [0.15, 0.2) is 5.96 Å². The number of ether oxygens (including phenoxy) is 1. The van der Waals surface area contributed by atoms with Crippen LogP contribution in [-0.4, -0.2) is 61.7 Å². The van der Waals surface area contributed by atoms with Gasteiger partial charge in [-0.1, -0.05) is 31.9 Å². The Balaban J connectivity index is 0.00000420. The Kier molecular flexibility index (Phi) is 13.6. The molecule has 0 unspecified atom stereocenters. The Bertz CT molecular complexity index is 607. The molecule has 0 aromatic heterocycles. The molecule has 9 heteroatoms. The maximum Gasteiger partial charge on any atom is 0.269 e. The zero-order valence-electron chi connectivity index (χ0n) is 17.3. The van der Waals surface area contributed by atoms with Crippen molar-refractivity contribution in [1.82, 2.24) is 15.5 Å². The average molecular weight is 519 g/mol. The smallest absolute Gasteiger partial charge is 0.269 e. The molecule has 0 atom stereocenters. The molecule has 164 valence electrons.